The first-order valence-corrected chi connectivity index (χ1v) is 13.0. The molecule has 34 heavy (non-hydrogen) atoms. The molecule has 5 rings (SSSR count). The van der Waals surface area contributed by atoms with Crippen molar-refractivity contribution >= 4 is 21.6 Å². The maximum Gasteiger partial charge on any atom is 0.250 e. The summed E-state index contributed by atoms with van der Waals surface area (Å²) in [6, 6.07) is 21.4. The van der Waals surface area contributed by atoms with E-state index >= 15 is 0 Å². The first kappa shape index (κ1) is 22.6. The van der Waals surface area contributed by atoms with E-state index in [1.54, 1.807) is 45.3 Å². The predicted molar refractivity (Wildman–Crippen MR) is 130 cm³/mol. The van der Waals surface area contributed by atoms with Crippen LogP contribution in [0.25, 0.3) is 0 Å². The number of piperidine rings is 1. The van der Waals surface area contributed by atoms with Crippen LogP contribution in [0.1, 0.15) is 30.0 Å². The van der Waals surface area contributed by atoms with E-state index in [1.807, 2.05) is 36.4 Å². The van der Waals surface area contributed by atoms with Gasteiger partial charge >= 0.3 is 0 Å². The summed E-state index contributed by atoms with van der Waals surface area (Å²) in [5, 5.41) is 2.84. The van der Waals surface area contributed by atoms with Crippen molar-refractivity contribution in [2.45, 2.75) is 36.6 Å². The monoisotopic (exact) mass is 477 g/mol. The van der Waals surface area contributed by atoms with Gasteiger partial charge in [0.2, 0.25) is 15.9 Å². The van der Waals surface area contributed by atoms with Crippen LogP contribution in [0, 0.1) is 5.92 Å². The molecule has 7 nitrogen and oxygen atoms in total. The fraction of sp³-hybridized carbons (Fsp3) is 0.308. The van der Waals surface area contributed by atoms with Crippen molar-refractivity contribution in [2.75, 3.05) is 18.4 Å². The smallest absolute Gasteiger partial charge is 0.250 e. The first-order valence-electron chi connectivity index (χ1n) is 11.5. The van der Waals surface area contributed by atoms with Gasteiger partial charge in [-0.25, -0.2) is 8.42 Å². The number of amides is 1. The number of hydrogen-bond acceptors (Lipinski definition) is 4. The van der Waals surface area contributed by atoms with Gasteiger partial charge in [-0.2, -0.15) is 4.31 Å². The highest BCUT2D eigenvalue weighted by Crippen LogP contribution is 2.37. The Kier molecular flexibility index (Phi) is 6.10. The lowest BCUT2D eigenvalue weighted by molar-refractivity contribution is -0.116. The van der Waals surface area contributed by atoms with Gasteiger partial charge in [0.1, 0.15) is 0 Å². The van der Waals surface area contributed by atoms with Gasteiger partial charge in [-0.15, -0.1) is 0 Å². The number of nitrogens with zero attached hydrogens (tertiary/aromatic N) is 2. The second-order valence-electron chi connectivity index (χ2n) is 9.08. The average Bonchev–Trinajstić information content (AvgIpc) is 2.84. The molecule has 3 aromatic rings. The van der Waals surface area contributed by atoms with E-state index in [4.69, 9.17) is 0 Å². The van der Waals surface area contributed by atoms with Crippen LogP contribution in [0.15, 0.2) is 82.5 Å². The number of benzene rings is 2. The minimum Gasteiger partial charge on any atom is -0.326 e. The molecular weight excluding hydrogens is 450 g/mol. The molecule has 1 fully saturated rings. The van der Waals surface area contributed by atoms with Crippen molar-refractivity contribution in [2.24, 2.45) is 5.92 Å². The third-order valence-corrected chi connectivity index (χ3v) is 8.55. The second kappa shape index (κ2) is 9.19. The molecule has 1 N–H and O–H groups in total. The molecule has 2 bridgehead atoms. The van der Waals surface area contributed by atoms with Gasteiger partial charge in [0.05, 0.1) is 4.90 Å². The van der Waals surface area contributed by atoms with Crippen molar-refractivity contribution in [1.29, 1.82) is 0 Å². The van der Waals surface area contributed by atoms with Crippen molar-refractivity contribution in [1.82, 2.24) is 8.87 Å². The quantitative estimate of drug-likeness (QED) is 0.590. The molecule has 0 unspecified atom stereocenters. The molecular formula is C26H27N3O4S. The summed E-state index contributed by atoms with van der Waals surface area (Å²) < 4.78 is 30.1. The molecule has 8 heteroatoms. The minimum atomic E-state index is -3.67. The number of fused-ring (bicyclic) bond motifs is 4. The Balaban J connectivity index is 1.25. The molecule has 2 atom stereocenters. The number of aromatic nitrogens is 1. The molecule has 0 spiro atoms. The van der Waals surface area contributed by atoms with Gasteiger partial charge < -0.3 is 9.88 Å². The zero-order valence-corrected chi connectivity index (χ0v) is 19.6. The Hall–Kier alpha value is -3.23. The lowest BCUT2D eigenvalue weighted by atomic mass is 9.84. The number of carbonyl (C=O) groups is 1. The van der Waals surface area contributed by atoms with Crippen molar-refractivity contribution in [3.05, 3.63) is 94.4 Å². The lowest BCUT2D eigenvalue weighted by Crippen LogP contribution is -2.48. The highest BCUT2D eigenvalue weighted by molar-refractivity contribution is 7.89. The second-order valence-corrected chi connectivity index (χ2v) is 11.0. The van der Waals surface area contributed by atoms with Gasteiger partial charge in [0, 0.05) is 49.4 Å². The Morgan fingerprint density at radius 2 is 1.68 bits per heavy atom. The van der Waals surface area contributed by atoms with Gasteiger partial charge in [0.25, 0.3) is 5.56 Å². The SMILES string of the molecule is O=C(CCc1ccccc1)Nc1ccc(S(=O)(=O)N2C[C@H]3C[C@@H](C2)c2cccc(=O)n2C3)cc1. The van der Waals surface area contributed by atoms with Crippen LogP contribution in [-0.2, 0) is 27.8 Å². The number of rotatable bonds is 6. The summed E-state index contributed by atoms with van der Waals surface area (Å²) in [6.45, 7) is 1.31. The summed E-state index contributed by atoms with van der Waals surface area (Å²) in [5.41, 5.74) is 2.56. The van der Waals surface area contributed by atoms with E-state index in [2.05, 4.69) is 5.32 Å². The standard InChI is InChI=1S/C26H27N3O4S/c30-25(14-9-19-5-2-1-3-6-19)27-22-10-12-23(13-11-22)34(32,33)28-16-20-15-21(18-28)24-7-4-8-26(31)29(24)17-20/h1-8,10-13,20-21H,9,14-18H2,(H,27,30)/t20-,21+/m1/s1. The van der Waals surface area contributed by atoms with Gasteiger partial charge in [-0.05, 0) is 54.7 Å². The fourth-order valence-electron chi connectivity index (χ4n) is 5.03. The number of pyridine rings is 1. The Bertz CT molecular complexity index is 1350. The summed E-state index contributed by atoms with van der Waals surface area (Å²) in [4.78, 5) is 24.7. The topological polar surface area (TPSA) is 88.5 Å². The van der Waals surface area contributed by atoms with Gasteiger partial charge in [-0.1, -0.05) is 36.4 Å². The summed E-state index contributed by atoms with van der Waals surface area (Å²) in [5.74, 6) is 0.0147. The molecule has 3 heterocycles. The van der Waals surface area contributed by atoms with Crippen LogP contribution >= 0.6 is 0 Å². The number of carbonyl (C=O) groups excluding carboxylic acids is 1. The van der Waals surface area contributed by atoms with E-state index in [9.17, 15) is 18.0 Å². The Morgan fingerprint density at radius 3 is 2.44 bits per heavy atom. The summed E-state index contributed by atoms with van der Waals surface area (Å²) in [7, 11) is -3.67. The van der Waals surface area contributed by atoms with Crippen LogP contribution in [0.5, 0.6) is 0 Å². The van der Waals surface area contributed by atoms with E-state index in [1.165, 1.54) is 0 Å². The Labute approximate surface area is 199 Å². The summed E-state index contributed by atoms with van der Waals surface area (Å²) >= 11 is 0. The highest BCUT2D eigenvalue weighted by Gasteiger charge is 2.39. The molecule has 1 saturated heterocycles. The maximum absolute atomic E-state index is 13.4. The zero-order chi connectivity index (χ0) is 23.7. The number of hydrogen-bond donors (Lipinski definition) is 1. The minimum absolute atomic E-state index is 0.0133. The molecule has 1 aromatic heterocycles. The van der Waals surface area contributed by atoms with Crippen LogP contribution in [-0.4, -0.2) is 36.3 Å². The molecule has 0 aliphatic carbocycles. The molecule has 2 aliphatic heterocycles. The van der Waals surface area contributed by atoms with Crippen molar-refractivity contribution in [3.8, 4) is 0 Å². The molecule has 176 valence electrons. The van der Waals surface area contributed by atoms with Crippen LogP contribution in [0.4, 0.5) is 5.69 Å². The number of anilines is 1. The lowest BCUT2D eigenvalue weighted by Gasteiger charge is -2.42. The predicted octanol–water partition coefficient (Wildman–Crippen LogP) is 3.23. The van der Waals surface area contributed by atoms with Crippen molar-refractivity contribution in [3.63, 3.8) is 0 Å². The molecule has 0 saturated carbocycles. The highest BCUT2D eigenvalue weighted by atomic mass is 32.2. The van der Waals surface area contributed by atoms with E-state index in [-0.39, 0.29) is 28.2 Å². The fourth-order valence-corrected chi connectivity index (χ4v) is 6.60. The van der Waals surface area contributed by atoms with Gasteiger partial charge in [0.15, 0.2) is 0 Å². The van der Waals surface area contributed by atoms with E-state index in [0.29, 0.717) is 38.2 Å². The number of aryl methyl sites for hydroxylation is 1. The van der Waals surface area contributed by atoms with Crippen LogP contribution in [0.3, 0.4) is 0 Å². The normalized spacial score (nSPS) is 19.9. The van der Waals surface area contributed by atoms with Crippen LogP contribution in [0.2, 0.25) is 0 Å². The number of nitrogens with one attached hydrogen (secondary N) is 1. The average molecular weight is 478 g/mol. The number of sulfonamides is 1. The van der Waals surface area contributed by atoms with Crippen LogP contribution < -0.4 is 10.9 Å². The third-order valence-electron chi connectivity index (χ3n) is 6.71. The Morgan fingerprint density at radius 1 is 0.912 bits per heavy atom. The zero-order valence-electron chi connectivity index (χ0n) is 18.8. The first-order chi connectivity index (χ1) is 16.4. The maximum atomic E-state index is 13.4. The van der Waals surface area contributed by atoms with Gasteiger partial charge in [-0.3, -0.25) is 9.59 Å². The molecule has 1 amide bonds. The summed E-state index contributed by atoms with van der Waals surface area (Å²) in [6.07, 6.45) is 1.89. The van der Waals surface area contributed by atoms with E-state index in [0.717, 1.165) is 17.7 Å². The third kappa shape index (κ3) is 4.56. The molecule has 2 aliphatic rings. The largest absolute Gasteiger partial charge is 0.326 e. The molecule has 2 aromatic carbocycles. The van der Waals surface area contributed by atoms with Crippen molar-refractivity contribution < 1.29 is 13.2 Å². The molecule has 0 radical (unpaired) electrons. The van der Waals surface area contributed by atoms with E-state index < -0.39 is 10.0 Å².